The van der Waals surface area contributed by atoms with Crippen molar-refractivity contribution in [2.75, 3.05) is 7.11 Å². The van der Waals surface area contributed by atoms with E-state index in [4.69, 9.17) is 14.2 Å². The second-order valence-corrected chi connectivity index (χ2v) is 4.24. The van der Waals surface area contributed by atoms with Crippen LogP contribution in [0, 0.1) is 0 Å². The van der Waals surface area contributed by atoms with Crippen molar-refractivity contribution >= 4 is 11.9 Å². The van der Waals surface area contributed by atoms with Crippen LogP contribution >= 0.6 is 0 Å². The Bertz CT molecular complexity index is 321. The van der Waals surface area contributed by atoms with Gasteiger partial charge in [0.25, 0.3) is 0 Å². The van der Waals surface area contributed by atoms with E-state index >= 15 is 0 Å². The number of aliphatic hydroxyl groups excluding tert-OH is 1. The van der Waals surface area contributed by atoms with Crippen molar-refractivity contribution in [3.05, 3.63) is 0 Å². The fourth-order valence-electron chi connectivity index (χ4n) is 1.98. The number of aliphatic hydroxyl groups is 1. The van der Waals surface area contributed by atoms with Gasteiger partial charge in [-0.15, -0.1) is 0 Å². The lowest BCUT2D eigenvalue weighted by atomic mass is 9.96. The van der Waals surface area contributed by atoms with E-state index in [-0.39, 0.29) is 5.91 Å². The molecule has 7 nitrogen and oxygen atoms in total. The molecule has 0 aromatic rings. The number of nitrogens with one attached hydrogen (secondary N) is 1. The summed E-state index contributed by atoms with van der Waals surface area (Å²) in [7, 11) is 1.39. The van der Waals surface area contributed by atoms with Crippen molar-refractivity contribution in [1.82, 2.24) is 5.32 Å². The maximum atomic E-state index is 11.1. The van der Waals surface area contributed by atoms with Crippen LogP contribution in [0.25, 0.3) is 0 Å². The number of rotatable bonds is 3. The molecule has 5 atom stereocenters. The summed E-state index contributed by atoms with van der Waals surface area (Å²) in [6.07, 6.45) is -3.24. The standard InChI is InChI=1S/C11H19NO6/c1-5-10(18-7(3)14)8(12-6(2)13)9(15)11(16-4)17-5/h5,8-11,15H,1-4H3,(H,12,13)/t5-,8-,9-,10+,11-/m1/s1. The largest absolute Gasteiger partial charge is 0.457 e. The number of ether oxygens (including phenoxy) is 3. The van der Waals surface area contributed by atoms with Gasteiger partial charge in [0.1, 0.15) is 6.10 Å². The Morgan fingerprint density at radius 3 is 2.39 bits per heavy atom. The number of carbonyl (C=O) groups excluding carboxylic acids is 2. The lowest BCUT2D eigenvalue weighted by Crippen LogP contribution is -2.64. The highest BCUT2D eigenvalue weighted by Gasteiger charge is 2.46. The van der Waals surface area contributed by atoms with Crippen LogP contribution in [0.5, 0.6) is 0 Å². The predicted molar refractivity (Wildman–Crippen MR) is 60.5 cm³/mol. The van der Waals surface area contributed by atoms with Crippen LogP contribution in [0.2, 0.25) is 0 Å². The van der Waals surface area contributed by atoms with Crippen LogP contribution in [0.1, 0.15) is 20.8 Å². The smallest absolute Gasteiger partial charge is 0.303 e. The van der Waals surface area contributed by atoms with Gasteiger partial charge in [-0.2, -0.15) is 0 Å². The van der Waals surface area contributed by atoms with E-state index in [1.807, 2.05) is 0 Å². The highest BCUT2D eigenvalue weighted by atomic mass is 16.7. The normalized spacial score (nSPS) is 35.9. The van der Waals surface area contributed by atoms with Gasteiger partial charge >= 0.3 is 5.97 Å². The van der Waals surface area contributed by atoms with Crippen molar-refractivity contribution < 1.29 is 28.9 Å². The van der Waals surface area contributed by atoms with Crippen LogP contribution in [0.3, 0.4) is 0 Å². The second kappa shape index (κ2) is 6.12. The molecule has 0 aliphatic carbocycles. The van der Waals surface area contributed by atoms with Crippen LogP contribution in [-0.2, 0) is 23.8 Å². The lowest BCUT2D eigenvalue weighted by molar-refractivity contribution is -0.265. The van der Waals surface area contributed by atoms with Crippen LogP contribution in [0.15, 0.2) is 0 Å². The van der Waals surface area contributed by atoms with Gasteiger partial charge in [0, 0.05) is 21.0 Å². The highest BCUT2D eigenvalue weighted by Crippen LogP contribution is 2.24. The Kier molecular flexibility index (Phi) is 5.06. The molecule has 0 aromatic carbocycles. The number of hydrogen-bond acceptors (Lipinski definition) is 6. The van der Waals surface area contributed by atoms with E-state index in [2.05, 4.69) is 5.32 Å². The van der Waals surface area contributed by atoms with E-state index < -0.39 is 36.6 Å². The van der Waals surface area contributed by atoms with Crippen molar-refractivity contribution in [3.63, 3.8) is 0 Å². The molecule has 0 saturated carbocycles. The number of methoxy groups -OCH3 is 1. The van der Waals surface area contributed by atoms with Crippen molar-refractivity contribution in [2.24, 2.45) is 0 Å². The van der Waals surface area contributed by atoms with Crippen LogP contribution < -0.4 is 5.32 Å². The lowest BCUT2D eigenvalue weighted by Gasteiger charge is -2.42. The number of esters is 1. The Balaban J connectivity index is 2.89. The molecule has 0 unspecified atom stereocenters. The van der Waals surface area contributed by atoms with Crippen molar-refractivity contribution in [2.45, 2.75) is 51.4 Å². The SMILES string of the molecule is CO[C@@H]1O[C@H](C)[C@H](OC(C)=O)[C@H](NC(C)=O)[C@H]1O. The van der Waals surface area contributed by atoms with Gasteiger partial charge in [-0.25, -0.2) is 0 Å². The minimum atomic E-state index is -1.11. The molecule has 2 N–H and O–H groups in total. The zero-order chi connectivity index (χ0) is 13.9. The Labute approximate surface area is 105 Å². The second-order valence-electron chi connectivity index (χ2n) is 4.24. The molecular weight excluding hydrogens is 242 g/mol. The first kappa shape index (κ1) is 14.9. The van der Waals surface area contributed by atoms with E-state index in [9.17, 15) is 14.7 Å². The summed E-state index contributed by atoms with van der Waals surface area (Å²) in [5.74, 6) is -0.839. The minimum Gasteiger partial charge on any atom is -0.457 e. The molecule has 0 bridgehead atoms. The maximum absolute atomic E-state index is 11.1. The molecule has 1 aliphatic rings. The van der Waals surface area contributed by atoms with Crippen LogP contribution in [0.4, 0.5) is 0 Å². The summed E-state index contributed by atoms with van der Waals surface area (Å²) in [5, 5.41) is 12.6. The van der Waals surface area contributed by atoms with Gasteiger partial charge < -0.3 is 24.6 Å². The number of amides is 1. The Morgan fingerprint density at radius 2 is 1.94 bits per heavy atom. The number of hydrogen-bond donors (Lipinski definition) is 2. The van der Waals surface area contributed by atoms with Crippen molar-refractivity contribution in [1.29, 1.82) is 0 Å². The summed E-state index contributed by atoms with van der Waals surface area (Å²) < 4.78 is 15.4. The molecular formula is C11H19NO6. The molecule has 1 amide bonds. The van der Waals surface area contributed by atoms with E-state index in [1.54, 1.807) is 6.92 Å². The van der Waals surface area contributed by atoms with E-state index in [0.717, 1.165) is 0 Å². The Morgan fingerprint density at radius 1 is 1.33 bits per heavy atom. The minimum absolute atomic E-state index is 0.333. The molecule has 1 heterocycles. The molecule has 104 valence electrons. The van der Waals surface area contributed by atoms with Gasteiger partial charge in [-0.3, -0.25) is 9.59 Å². The third-order valence-electron chi connectivity index (χ3n) is 2.72. The monoisotopic (exact) mass is 261 g/mol. The average molecular weight is 261 g/mol. The predicted octanol–water partition coefficient (Wildman–Crippen LogP) is -0.825. The first-order valence-electron chi connectivity index (χ1n) is 5.67. The third-order valence-corrected chi connectivity index (χ3v) is 2.72. The Hall–Kier alpha value is -1.18. The molecule has 1 rings (SSSR count). The fraction of sp³-hybridized carbons (Fsp3) is 0.818. The first-order chi connectivity index (χ1) is 8.36. The quantitative estimate of drug-likeness (QED) is 0.644. The molecule has 1 fully saturated rings. The van der Waals surface area contributed by atoms with E-state index in [1.165, 1.54) is 21.0 Å². The van der Waals surface area contributed by atoms with Crippen molar-refractivity contribution in [3.8, 4) is 0 Å². The molecule has 1 saturated heterocycles. The average Bonchev–Trinajstić information content (AvgIpc) is 2.27. The molecule has 0 radical (unpaired) electrons. The maximum Gasteiger partial charge on any atom is 0.303 e. The fourth-order valence-corrected chi connectivity index (χ4v) is 1.98. The summed E-state index contributed by atoms with van der Waals surface area (Å²) in [5.41, 5.74) is 0. The molecule has 1 aliphatic heterocycles. The van der Waals surface area contributed by atoms with Gasteiger partial charge in [0.15, 0.2) is 12.4 Å². The summed E-state index contributed by atoms with van der Waals surface area (Å²) >= 11 is 0. The van der Waals surface area contributed by atoms with Gasteiger partial charge in [-0.05, 0) is 6.92 Å². The summed E-state index contributed by atoms with van der Waals surface area (Å²) in [6, 6.07) is -0.764. The first-order valence-corrected chi connectivity index (χ1v) is 5.67. The summed E-state index contributed by atoms with van der Waals surface area (Å²) in [4.78, 5) is 22.2. The topological polar surface area (TPSA) is 94.1 Å². The zero-order valence-corrected chi connectivity index (χ0v) is 10.9. The van der Waals surface area contributed by atoms with Gasteiger partial charge in [0.05, 0.1) is 12.1 Å². The molecule has 0 aromatic heterocycles. The van der Waals surface area contributed by atoms with E-state index in [0.29, 0.717) is 0 Å². The van der Waals surface area contributed by atoms with Crippen LogP contribution in [-0.4, -0.2) is 54.7 Å². The molecule has 0 spiro atoms. The van der Waals surface area contributed by atoms with Gasteiger partial charge in [-0.1, -0.05) is 0 Å². The zero-order valence-electron chi connectivity index (χ0n) is 10.9. The molecule has 18 heavy (non-hydrogen) atoms. The summed E-state index contributed by atoms with van der Waals surface area (Å²) in [6.45, 7) is 4.26. The number of carbonyl (C=O) groups is 2. The highest BCUT2D eigenvalue weighted by molar-refractivity contribution is 5.73. The molecule has 7 heteroatoms. The third kappa shape index (κ3) is 3.41. The van der Waals surface area contributed by atoms with Gasteiger partial charge in [0.2, 0.25) is 5.91 Å².